The molecule has 13 heavy (non-hydrogen) atoms. The van der Waals surface area contributed by atoms with Gasteiger partial charge in [-0.15, -0.1) is 0 Å². The third-order valence-corrected chi connectivity index (χ3v) is 2.38. The van der Waals surface area contributed by atoms with Crippen LogP contribution in [0.4, 0.5) is 0 Å². The molecule has 0 unspecified atom stereocenters. The largest absolute Gasteiger partial charge is 0.451 e. The van der Waals surface area contributed by atoms with Crippen LogP contribution in [0, 0.1) is 0 Å². The van der Waals surface area contributed by atoms with Crippen LogP contribution in [-0.4, -0.2) is 13.5 Å². The molecular weight excluding hydrogens is 194 g/mol. The average Bonchev–Trinajstić information content (AvgIpc) is 2.27. The van der Waals surface area contributed by atoms with Crippen molar-refractivity contribution in [2.45, 2.75) is 24.5 Å². The number of hydrogen-bond donors (Lipinski definition) is 2. The lowest BCUT2D eigenvalue weighted by Gasteiger charge is -2.15. The first kappa shape index (κ1) is 10.2. The molecule has 74 valence electrons. The number of rotatable bonds is 2. The second-order valence-corrected chi connectivity index (χ2v) is 4.69. The van der Waals surface area contributed by atoms with Crippen molar-refractivity contribution in [1.82, 2.24) is 0 Å². The van der Waals surface area contributed by atoms with E-state index >= 15 is 0 Å². The van der Waals surface area contributed by atoms with E-state index in [4.69, 9.17) is 5.14 Å². The summed E-state index contributed by atoms with van der Waals surface area (Å²) in [5, 5.41) is 14.0. The van der Waals surface area contributed by atoms with Crippen LogP contribution in [-0.2, 0) is 15.6 Å². The molecule has 0 saturated heterocycles. The standard InChI is InChI=1S/C7H11NO4S/c1-7(2,9)5-3-4-12-6(5)13(8,10)11/h3-4,9H,1-2H3,(H2,8,10,11). The van der Waals surface area contributed by atoms with Crippen molar-refractivity contribution in [3.63, 3.8) is 0 Å². The predicted molar refractivity (Wildman–Crippen MR) is 45.3 cm³/mol. The van der Waals surface area contributed by atoms with Crippen molar-refractivity contribution in [3.05, 3.63) is 17.9 Å². The van der Waals surface area contributed by atoms with Crippen LogP contribution in [0.3, 0.4) is 0 Å². The van der Waals surface area contributed by atoms with E-state index in [1.165, 1.54) is 26.2 Å². The van der Waals surface area contributed by atoms with Gasteiger partial charge in [0.1, 0.15) is 0 Å². The van der Waals surface area contributed by atoms with Crippen LogP contribution < -0.4 is 5.14 Å². The first-order chi connectivity index (χ1) is 5.73. The van der Waals surface area contributed by atoms with Crippen LogP contribution in [0.5, 0.6) is 0 Å². The molecule has 0 bridgehead atoms. The maximum Gasteiger partial charge on any atom is 0.271 e. The Morgan fingerprint density at radius 2 is 2.08 bits per heavy atom. The van der Waals surface area contributed by atoms with Gasteiger partial charge in [0, 0.05) is 5.56 Å². The quantitative estimate of drug-likeness (QED) is 0.718. The van der Waals surface area contributed by atoms with Gasteiger partial charge >= 0.3 is 0 Å². The van der Waals surface area contributed by atoms with Gasteiger partial charge in [0.2, 0.25) is 5.09 Å². The van der Waals surface area contributed by atoms with E-state index in [1.807, 2.05) is 0 Å². The van der Waals surface area contributed by atoms with Crippen LogP contribution >= 0.6 is 0 Å². The van der Waals surface area contributed by atoms with Gasteiger partial charge in [0.15, 0.2) is 0 Å². The Bertz CT molecular complexity index is 398. The molecule has 1 aromatic rings. The average molecular weight is 205 g/mol. The van der Waals surface area contributed by atoms with Gasteiger partial charge in [-0.3, -0.25) is 0 Å². The summed E-state index contributed by atoms with van der Waals surface area (Å²) in [6.07, 6.45) is 1.17. The Kier molecular flexibility index (Phi) is 2.23. The third-order valence-electron chi connectivity index (χ3n) is 1.55. The summed E-state index contributed by atoms with van der Waals surface area (Å²) in [4.78, 5) is 0. The van der Waals surface area contributed by atoms with Crippen molar-refractivity contribution in [2.24, 2.45) is 5.14 Å². The van der Waals surface area contributed by atoms with Crippen molar-refractivity contribution in [3.8, 4) is 0 Å². The zero-order chi connectivity index (χ0) is 10.3. The Balaban J connectivity index is 3.35. The summed E-state index contributed by atoms with van der Waals surface area (Å²) in [6.45, 7) is 2.90. The molecule has 1 rings (SSSR count). The summed E-state index contributed by atoms with van der Waals surface area (Å²) < 4.78 is 26.6. The molecule has 0 atom stereocenters. The number of nitrogens with two attached hydrogens (primary N) is 1. The zero-order valence-electron chi connectivity index (χ0n) is 7.31. The molecular formula is C7H11NO4S. The molecule has 0 radical (unpaired) electrons. The molecule has 0 aliphatic rings. The second kappa shape index (κ2) is 2.83. The fraction of sp³-hybridized carbons (Fsp3) is 0.429. The number of hydrogen-bond acceptors (Lipinski definition) is 4. The number of aliphatic hydroxyl groups is 1. The van der Waals surface area contributed by atoms with E-state index in [9.17, 15) is 13.5 Å². The molecule has 5 nitrogen and oxygen atoms in total. The van der Waals surface area contributed by atoms with Gasteiger partial charge < -0.3 is 9.52 Å². The van der Waals surface area contributed by atoms with Gasteiger partial charge in [-0.25, -0.2) is 13.6 Å². The lowest BCUT2D eigenvalue weighted by Crippen LogP contribution is -2.21. The first-order valence-corrected chi connectivity index (χ1v) is 5.10. The second-order valence-electron chi connectivity index (χ2n) is 3.23. The molecule has 0 aromatic carbocycles. The normalized spacial score (nSPS) is 13.2. The van der Waals surface area contributed by atoms with E-state index < -0.39 is 15.6 Å². The van der Waals surface area contributed by atoms with E-state index in [0.717, 1.165) is 0 Å². The number of sulfonamides is 1. The van der Waals surface area contributed by atoms with E-state index in [0.29, 0.717) is 0 Å². The maximum atomic E-state index is 10.9. The molecule has 0 fully saturated rings. The van der Waals surface area contributed by atoms with Gasteiger partial charge in [0.25, 0.3) is 10.0 Å². The summed E-state index contributed by atoms with van der Waals surface area (Å²) in [5.41, 5.74) is -1.12. The van der Waals surface area contributed by atoms with Crippen LogP contribution in [0.1, 0.15) is 19.4 Å². The van der Waals surface area contributed by atoms with E-state index in [1.54, 1.807) is 0 Å². The number of primary sulfonamides is 1. The molecule has 0 aliphatic heterocycles. The van der Waals surface area contributed by atoms with E-state index in [-0.39, 0.29) is 10.7 Å². The molecule has 0 aliphatic carbocycles. The molecule has 0 spiro atoms. The molecule has 0 saturated carbocycles. The fourth-order valence-electron chi connectivity index (χ4n) is 0.969. The van der Waals surface area contributed by atoms with Crippen molar-refractivity contribution in [1.29, 1.82) is 0 Å². The Morgan fingerprint density at radius 1 is 1.54 bits per heavy atom. The minimum Gasteiger partial charge on any atom is -0.451 e. The van der Waals surface area contributed by atoms with Crippen LogP contribution in [0.25, 0.3) is 0 Å². The van der Waals surface area contributed by atoms with Crippen molar-refractivity contribution < 1.29 is 17.9 Å². The summed E-state index contributed by atoms with van der Waals surface area (Å²) >= 11 is 0. The van der Waals surface area contributed by atoms with Crippen molar-refractivity contribution in [2.75, 3.05) is 0 Å². The summed E-state index contributed by atoms with van der Waals surface area (Å²) in [6, 6.07) is 1.37. The fourth-order valence-corrected chi connectivity index (χ4v) is 1.78. The Morgan fingerprint density at radius 3 is 2.38 bits per heavy atom. The highest BCUT2D eigenvalue weighted by Gasteiger charge is 2.28. The van der Waals surface area contributed by atoms with E-state index in [2.05, 4.69) is 4.42 Å². The minimum absolute atomic E-state index is 0.162. The Labute approximate surface area is 76.2 Å². The lowest BCUT2D eigenvalue weighted by atomic mass is 10.0. The minimum atomic E-state index is -3.90. The van der Waals surface area contributed by atoms with Gasteiger partial charge in [0.05, 0.1) is 11.9 Å². The highest BCUT2D eigenvalue weighted by atomic mass is 32.2. The van der Waals surface area contributed by atoms with Gasteiger partial charge in [-0.1, -0.05) is 0 Å². The van der Waals surface area contributed by atoms with Gasteiger partial charge in [-0.05, 0) is 19.9 Å². The highest BCUT2D eigenvalue weighted by Crippen LogP contribution is 2.26. The number of furan rings is 1. The lowest BCUT2D eigenvalue weighted by molar-refractivity contribution is 0.0732. The first-order valence-electron chi connectivity index (χ1n) is 3.56. The van der Waals surface area contributed by atoms with Crippen molar-refractivity contribution >= 4 is 10.0 Å². The zero-order valence-corrected chi connectivity index (χ0v) is 8.13. The maximum absolute atomic E-state index is 10.9. The SMILES string of the molecule is CC(C)(O)c1ccoc1S(N)(=O)=O. The highest BCUT2D eigenvalue weighted by molar-refractivity contribution is 7.89. The molecule has 0 amide bonds. The summed E-state index contributed by atoms with van der Waals surface area (Å²) in [5.74, 6) is 0. The predicted octanol–water partition coefficient (Wildman–Crippen LogP) is 0.154. The smallest absolute Gasteiger partial charge is 0.271 e. The molecule has 6 heteroatoms. The van der Waals surface area contributed by atoms with Crippen LogP contribution in [0.15, 0.2) is 21.8 Å². The monoisotopic (exact) mass is 205 g/mol. The third kappa shape index (κ3) is 2.09. The molecule has 3 N–H and O–H groups in total. The topological polar surface area (TPSA) is 93.5 Å². The molecule has 1 heterocycles. The van der Waals surface area contributed by atoms with Crippen LogP contribution in [0.2, 0.25) is 0 Å². The Hall–Kier alpha value is -0.850. The van der Waals surface area contributed by atoms with Gasteiger partial charge in [-0.2, -0.15) is 0 Å². The molecule has 1 aromatic heterocycles. The summed E-state index contributed by atoms with van der Waals surface area (Å²) in [7, 11) is -3.90.